The van der Waals surface area contributed by atoms with Gasteiger partial charge in [0.25, 0.3) is 0 Å². The van der Waals surface area contributed by atoms with Crippen molar-refractivity contribution in [2.75, 3.05) is 24.3 Å². The van der Waals surface area contributed by atoms with E-state index in [1.807, 2.05) is 50.5 Å². The lowest BCUT2D eigenvalue weighted by atomic mass is 10.1. The standard InChI is InChI=1S/C18H22N4S/c1-13-6-5-7-17(14(13)2)20-18(23)21-19-12-15-8-10-16(11-9-15)22(3)4/h5-12H,1-4H3,(H2,20,21,23)/b19-12+. The summed E-state index contributed by atoms with van der Waals surface area (Å²) in [6.07, 6.45) is 1.75. The molecule has 120 valence electrons. The van der Waals surface area contributed by atoms with Crippen LogP contribution in [0.15, 0.2) is 47.6 Å². The SMILES string of the molecule is Cc1cccc(NC(=S)N/N=C/c2ccc(N(C)C)cc2)c1C. The maximum Gasteiger partial charge on any atom is 0.191 e. The minimum atomic E-state index is 0.472. The van der Waals surface area contributed by atoms with Crippen LogP contribution in [0.25, 0.3) is 0 Å². The third-order valence-corrected chi connectivity index (χ3v) is 3.84. The number of hydrogen-bond donors (Lipinski definition) is 2. The summed E-state index contributed by atoms with van der Waals surface area (Å²) in [5, 5.41) is 7.81. The fraction of sp³-hybridized carbons (Fsp3) is 0.222. The van der Waals surface area contributed by atoms with E-state index in [1.165, 1.54) is 11.1 Å². The summed E-state index contributed by atoms with van der Waals surface area (Å²) in [5.41, 5.74) is 8.41. The van der Waals surface area contributed by atoms with E-state index in [0.717, 1.165) is 16.9 Å². The molecule has 0 spiro atoms. The van der Waals surface area contributed by atoms with Crippen molar-refractivity contribution in [3.63, 3.8) is 0 Å². The molecule has 0 saturated carbocycles. The fourth-order valence-electron chi connectivity index (χ4n) is 2.06. The molecule has 23 heavy (non-hydrogen) atoms. The Kier molecular flexibility index (Phi) is 5.71. The summed E-state index contributed by atoms with van der Waals surface area (Å²) in [5.74, 6) is 0. The summed E-state index contributed by atoms with van der Waals surface area (Å²) in [6, 6.07) is 14.2. The van der Waals surface area contributed by atoms with Crippen molar-refractivity contribution in [2.24, 2.45) is 5.10 Å². The molecule has 0 radical (unpaired) electrons. The number of hydrazone groups is 1. The summed E-state index contributed by atoms with van der Waals surface area (Å²) in [6.45, 7) is 4.14. The van der Waals surface area contributed by atoms with E-state index in [2.05, 4.69) is 40.7 Å². The van der Waals surface area contributed by atoms with Crippen LogP contribution in [-0.4, -0.2) is 25.4 Å². The summed E-state index contributed by atoms with van der Waals surface area (Å²) in [4.78, 5) is 2.06. The molecule has 0 atom stereocenters. The van der Waals surface area contributed by atoms with Crippen LogP contribution >= 0.6 is 12.2 Å². The normalized spacial score (nSPS) is 10.6. The number of rotatable bonds is 4. The van der Waals surface area contributed by atoms with Crippen molar-refractivity contribution < 1.29 is 0 Å². The lowest BCUT2D eigenvalue weighted by Gasteiger charge is -2.12. The maximum atomic E-state index is 5.27. The van der Waals surface area contributed by atoms with Gasteiger partial charge in [0.1, 0.15) is 0 Å². The summed E-state index contributed by atoms with van der Waals surface area (Å²) >= 11 is 5.27. The average Bonchev–Trinajstić information content (AvgIpc) is 2.52. The highest BCUT2D eigenvalue weighted by atomic mass is 32.1. The van der Waals surface area contributed by atoms with Crippen LogP contribution < -0.4 is 15.6 Å². The molecule has 0 aliphatic heterocycles. The third-order valence-electron chi connectivity index (χ3n) is 3.64. The zero-order chi connectivity index (χ0) is 16.8. The van der Waals surface area contributed by atoms with Gasteiger partial charge in [-0.15, -0.1) is 0 Å². The van der Waals surface area contributed by atoms with Gasteiger partial charge < -0.3 is 10.2 Å². The number of anilines is 2. The molecule has 0 bridgehead atoms. The van der Waals surface area contributed by atoms with Crippen molar-refractivity contribution in [1.82, 2.24) is 5.43 Å². The molecular formula is C18H22N4S. The van der Waals surface area contributed by atoms with Gasteiger partial charge in [-0.3, -0.25) is 5.43 Å². The van der Waals surface area contributed by atoms with Gasteiger partial charge in [0.15, 0.2) is 5.11 Å². The Morgan fingerprint density at radius 3 is 2.43 bits per heavy atom. The van der Waals surface area contributed by atoms with Crippen molar-refractivity contribution in [1.29, 1.82) is 0 Å². The van der Waals surface area contributed by atoms with Gasteiger partial charge in [0, 0.05) is 25.5 Å². The Morgan fingerprint density at radius 2 is 1.78 bits per heavy atom. The predicted molar refractivity (Wildman–Crippen MR) is 104 cm³/mol. The number of nitrogens with zero attached hydrogens (tertiary/aromatic N) is 2. The Hall–Kier alpha value is -2.40. The van der Waals surface area contributed by atoms with E-state index in [9.17, 15) is 0 Å². The van der Waals surface area contributed by atoms with Crippen molar-refractivity contribution in [2.45, 2.75) is 13.8 Å². The van der Waals surface area contributed by atoms with Gasteiger partial charge in [-0.05, 0) is 61.0 Å². The second-order valence-corrected chi connectivity index (χ2v) is 5.97. The second kappa shape index (κ2) is 7.74. The van der Waals surface area contributed by atoms with Crippen LogP contribution in [0, 0.1) is 13.8 Å². The predicted octanol–water partition coefficient (Wildman–Crippen LogP) is 3.69. The fourth-order valence-corrected chi connectivity index (χ4v) is 2.22. The largest absolute Gasteiger partial charge is 0.378 e. The monoisotopic (exact) mass is 326 g/mol. The van der Waals surface area contributed by atoms with E-state index in [0.29, 0.717) is 5.11 Å². The van der Waals surface area contributed by atoms with Crippen molar-refractivity contribution in [3.8, 4) is 0 Å². The van der Waals surface area contributed by atoms with E-state index in [1.54, 1.807) is 6.21 Å². The lowest BCUT2D eigenvalue weighted by Crippen LogP contribution is -2.24. The molecule has 5 heteroatoms. The molecule has 0 aromatic heterocycles. The highest BCUT2D eigenvalue weighted by molar-refractivity contribution is 7.80. The Labute approximate surface area is 143 Å². The topological polar surface area (TPSA) is 39.7 Å². The number of nitrogens with one attached hydrogen (secondary N) is 2. The molecule has 0 unspecified atom stereocenters. The smallest absolute Gasteiger partial charge is 0.191 e. The first-order valence-corrected chi connectivity index (χ1v) is 7.82. The molecule has 4 nitrogen and oxygen atoms in total. The summed E-state index contributed by atoms with van der Waals surface area (Å²) < 4.78 is 0. The highest BCUT2D eigenvalue weighted by Gasteiger charge is 2.02. The number of aryl methyl sites for hydroxylation is 1. The van der Waals surface area contributed by atoms with Crippen LogP contribution in [0.4, 0.5) is 11.4 Å². The minimum Gasteiger partial charge on any atom is -0.378 e. The molecule has 0 heterocycles. The number of hydrogen-bond acceptors (Lipinski definition) is 3. The molecule has 2 N–H and O–H groups in total. The van der Waals surface area contributed by atoms with E-state index < -0.39 is 0 Å². The number of benzene rings is 2. The van der Waals surface area contributed by atoms with Gasteiger partial charge >= 0.3 is 0 Å². The van der Waals surface area contributed by atoms with Crippen LogP contribution in [0.1, 0.15) is 16.7 Å². The quantitative estimate of drug-likeness (QED) is 0.511. The molecule has 0 saturated heterocycles. The molecule has 2 aromatic carbocycles. The van der Waals surface area contributed by atoms with Gasteiger partial charge in [0.05, 0.1) is 6.21 Å². The van der Waals surface area contributed by atoms with Crippen molar-refractivity contribution >= 4 is 34.9 Å². The van der Waals surface area contributed by atoms with Crippen LogP contribution in [-0.2, 0) is 0 Å². The Bertz CT molecular complexity index is 705. The Balaban J connectivity index is 1.92. The number of thiocarbonyl (C=S) groups is 1. The molecule has 0 amide bonds. The first-order chi connectivity index (χ1) is 11.0. The van der Waals surface area contributed by atoms with Crippen LogP contribution in [0.3, 0.4) is 0 Å². The molecule has 2 rings (SSSR count). The van der Waals surface area contributed by atoms with E-state index in [-0.39, 0.29) is 0 Å². The minimum absolute atomic E-state index is 0.472. The highest BCUT2D eigenvalue weighted by Crippen LogP contribution is 2.17. The van der Waals surface area contributed by atoms with E-state index >= 15 is 0 Å². The first kappa shape index (κ1) is 17.0. The van der Waals surface area contributed by atoms with Gasteiger partial charge in [-0.1, -0.05) is 24.3 Å². The van der Waals surface area contributed by atoms with E-state index in [4.69, 9.17) is 12.2 Å². The first-order valence-electron chi connectivity index (χ1n) is 7.41. The molecular weight excluding hydrogens is 304 g/mol. The zero-order valence-electron chi connectivity index (χ0n) is 13.9. The van der Waals surface area contributed by atoms with Crippen LogP contribution in [0.5, 0.6) is 0 Å². The van der Waals surface area contributed by atoms with Crippen molar-refractivity contribution in [3.05, 3.63) is 59.2 Å². The zero-order valence-corrected chi connectivity index (χ0v) is 14.7. The molecule has 2 aromatic rings. The van der Waals surface area contributed by atoms with Gasteiger partial charge in [-0.2, -0.15) is 5.10 Å². The lowest BCUT2D eigenvalue weighted by molar-refractivity contribution is 1.05. The average molecular weight is 326 g/mol. The molecule has 0 fully saturated rings. The summed E-state index contributed by atoms with van der Waals surface area (Å²) in [7, 11) is 4.03. The van der Waals surface area contributed by atoms with Gasteiger partial charge in [0.2, 0.25) is 0 Å². The second-order valence-electron chi connectivity index (χ2n) is 5.56. The third kappa shape index (κ3) is 4.79. The Morgan fingerprint density at radius 1 is 1.09 bits per heavy atom. The maximum absolute atomic E-state index is 5.27. The van der Waals surface area contributed by atoms with Gasteiger partial charge in [-0.25, -0.2) is 0 Å². The van der Waals surface area contributed by atoms with Crippen LogP contribution in [0.2, 0.25) is 0 Å². The molecule has 0 aliphatic rings. The molecule has 0 aliphatic carbocycles.